The Bertz CT molecular complexity index is 502. The van der Waals surface area contributed by atoms with Crippen LogP contribution in [0.15, 0.2) is 33.8 Å². The summed E-state index contributed by atoms with van der Waals surface area (Å²) < 4.78 is 1.05. The van der Waals surface area contributed by atoms with E-state index in [1.165, 1.54) is 0 Å². The minimum Gasteiger partial charge on any atom is -0.306 e. The molecule has 0 aromatic rings. The Morgan fingerprint density at radius 3 is 2.83 bits per heavy atom. The van der Waals surface area contributed by atoms with Crippen LogP contribution < -0.4 is 0 Å². The number of nitrogens with zero attached hydrogens (tertiary/aromatic N) is 4. The first-order chi connectivity index (χ1) is 8.52. The smallest absolute Gasteiger partial charge is 0.292 e. The van der Waals surface area contributed by atoms with E-state index in [1.54, 1.807) is 6.20 Å². The lowest BCUT2D eigenvalue weighted by molar-refractivity contribution is -0.594. The number of amidine groups is 1. The molecule has 1 fully saturated rings. The molecule has 0 radical (unpaired) electrons. The third-order valence-electron chi connectivity index (χ3n) is 3.88. The van der Waals surface area contributed by atoms with E-state index in [1.807, 2.05) is 12.4 Å². The molecule has 0 aromatic carbocycles. The number of rotatable bonds is 2. The van der Waals surface area contributed by atoms with Gasteiger partial charge in [-0.3, -0.25) is 4.99 Å². The van der Waals surface area contributed by atoms with Crippen LogP contribution in [0.2, 0.25) is 0 Å². The number of fused-ring (bicyclic) bond motifs is 1. The Kier molecular flexibility index (Phi) is 3.12. The highest BCUT2D eigenvalue weighted by Gasteiger charge is 2.48. The summed E-state index contributed by atoms with van der Waals surface area (Å²) in [5.41, 5.74) is 2.14. The van der Waals surface area contributed by atoms with Crippen molar-refractivity contribution in [3.8, 4) is 0 Å². The fraction of sp³-hybridized carbons (Fsp3) is 0.500. The molecule has 4 nitrogen and oxygen atoms in total. The molecule has 3 aliphatic rings. The van der Waals surface area contributed by atoms with Gasteiger partial charge in [0, 0.05) is 12.0 Å². The zero-order chi connectivity index (χ0) is 12.9. The van der Waals surface area contributed by atoms with Gasteiger partial charge in [0.1, 0.15) is 11.9 Å². The highest BCUT2D eigenvalue weighted by Crippen LogP contribution is 2.45. The molecule has 2 heterocycles. The van der Waals surface area contributed by atoms with Crippen molar-refractivity contribution < 1.29 is 4.00 Å². The van der Waals surface area contributed by atoms with Crippen molar-refractivity contribution in [3.05, 3.63) is 23.8 Å². The Morgan fingerprint density at radius 1 is 1.44 bits per heavy atom. The number of hydrogen-bond acceptors (Lipinski definition) is 3. The lowest BCUT2D eigenvalue weighted by atomic mass is 9.77. The third kappa shape index (κ3) is 1.79. The van der Waals surface area contributed by atoms with E-state index in [0.717, 1.165) is 28.1 Å². The fourth-order valence-corrected chi connectivity index (χ4v) is 3.46. The van der Waals surface area contributed by atoms with Gasteiger partial charge in [-0.05, 0) is 26.9 Å². The van der Waals surface area contributed by atoms with Gasteiger partial charge in [0.15, 0.2) is 11.8 Å². The number of aliphatic imine (C=N–C) groups is 2. The summed E-state index contributed by atoms with van der Waals surface area (Å²) in [4.78, 5) is 11.2. The van der Waals surface area contributed by atoms with Crippen molar-refractivity contribution in [2.24, 2.45) is 15.9 Å². The highest BCUT2D eigenvalue weighted by molar-refractivity contribution is 14.1. The molecule has 1 saturated carbocycles. The van der Waals surface area contributed by atoms with Gasteiger partial charge in [0.25, 0.3) is 3.84 Å². The molecule has 0 N–H and O–H groups in total. The van der Waals surface area contributed by atoms with Crippen LogP contribution in [-0.2, 0) is 0 Å². The maximum absolute atomic E-state index is 6.59. The fourth-order valence-electron chi connectivity index (χ4n) is 2.56. The molecular weight excluding hydrogens is 363 g/mol. The molecule has 1 aliphatic carbocycles. The second-order valence-corrected chi connectivity index (χ2v) is 6.65. The maximum Gasteiger partial charge on any atom is 0.292 e. The molecule has 0 amide bonds. The first-order valence-corrected chi connectivity index (χ1v) is 7.39. The zero-order valence-electron chi connectivity index (χ0n) is 10.3. The summed E-state index contributed by atoms with van der Waals surface area (Å²) in [6.45, 7) is 0. The van der Waals surface area contributed by atoms with Gasteiger partial charge in [0.2, 0.25) is 5.70 Å². The first-order valence-electron chi connectivity index (χ1n) is 5.97. The summed E-state index contributed by atoms with van der Waals surface area (Å²) in [6.07, 6.45) is 7.77. The quantitative estimate of drug-likeness (QED) is 0.413. The molecule has 96 valence electrons. The topological polar surface area (TPSA) is 28.0 Å². The summed E-state index contributed by atoms with van der Waals surface area (Å²) >= 11 is 8.81. The van der Waals surface area contributed by atoms with Crippen LogP contribution in [0.5, 0.6) is 0 Å². The number of halogens is 2. The number of allylic oxidation sites excluding steroid dienone is 2. The minimum atomic E-state index is 0.169. The summed E-state index contributed by atoms with van der Waals surface area (Å²) in [6, 6.07) is 0.671. The Balaban J connectivity index is 1.87. The summed E-state index contributed by atoms with van der Waals surface area (Å²) in [5.74, 6) is 0.522. The van der Waals surface area contributed by atoms with Crippen molar-refractivity contribution in [2.45, 2.75) is 18.9 Å². The van der Waals surface area contributed by atoms with E-state index < -0.39 is 0 Å². The van der Waals surface area contributed by atoms with Crippen molar-refractivity contribution in [2.75, 3.05) is 14.1 Å². The van der Waals surface area contributed by atoms with Crippen LogP contribution in [0.1, 0.15) is 12.8 Å². The molecule has 0 aromatic heterocycles. The summed E-state index contributed by atoms with van der Waals surface area (Å²) in [7, 11) is 4.26. The number of hydrogen-bond donors (Lipinski definition) is 0. The molecular formula is C12H15ClIN4+. The summed E-state index contributed by atoms with van der Waals surface area (Å²) in [5, 5.41) is 0. The molecule has 3 rings (SSSR count). The first kappa shape index (κ1) is 12.8. The minimum absolute atomic E-state index is 0.169. The third-order valence-corrected chi connectivity index (χ3v) is 5.62. The molecule has 18 heavy (non-hydrogen) atoms. The van der Waals surface area contributed by atoms with Crippen molar-refractivity contribution in [1.29, 1.82) is 0 Å². The second-order valence-electron chi connectivity index (χ2n) is 5.15. The van der Waals surface area contributed by atoms with Gasteiger partial charge < -0.3 is 4.90 Å². The Hall–Kier alpha value is -0.240. The van der Waals surface area contributed by atoms with Gasteiger partial charge in [-0.15, -0.1) is 4.00 Å². The SMILES string of the molecule is CN(C)C1CC(C2=C3C=NC=C[N+]3(Cl)C(I)=N2)C1. The van der Waals surface area contributed by atoms with E-state index in [9.17, 15) is 0 Å². The van der Waals surface area contributed by atoms with Crippen LogP contribution in [0.4, 0.5) is 0 Å². The van der Waals surface area contributed by atoms with Gasteiger partial charge in [-0.2, -0.15) is 4.99 Å². The Morgan fingerprint density at radius 2 is 2.17 bits per heavy atom. The average molecular weight is 378 g/mol. The standard InChI is InChI=1S/C12H15ClIN4/c1-17(2)9-5-8(6-9)11-10-7-15-3-4-18(10,13)12(14)16-11/h3-4,7-9H,5-6H2,1-2H3/q+1. The van der Waals surface area contributed by atoms with E-state index in [4.69, 9.17) is 11.8 Å². The highest BCUT2D eigenvalue weighted by atomic mass is 127. The van der Waals surface area contributed by atoms with Crippen LogP contribution in [0.25, 0.3) is 0 Å². The zero-order valence-corrected chi connectivity index (χ0v) is 13.3. The van der Waals surface area contributed by atoms with Gasteiger partial charge >= 0.3 is 0 Å². The average Bonchev–Trinajstić information content (AvgIpc) is 2.49. The predicted molar refractivity (Wildman–Crippen MR) is 82.4 cm³/mol. The largest absolute Gasteiger partial charge is 0.306 e. The number of quaternary nitrogens is 1. The normalized spacial score (nSPS) is 37.9. The molecule has 0 saturated heterocycles. The van der Waals surface area contributed by atoms with Crippen LogP contribution in [-0.4, -0.2) is 39.1 Å². The molecule has 1 unspecified atom stereocenters. The van der Waals surface area contributed by atoms with Crippen LogP contribution in [0, 0.1) is 5.92 Å². The van der Waals surface area contributed by atoms with E-state index in [-0.39, 0.29) is 4.00 Å². The van der Waals surface area contributed by atoms with Gasteiger partial charge in [-0.25, -0.2) is 0 Å². The molecule has 1 atom stereocenters. The van der Waals surface area contributed by atoms with E-state index in [0.29, 0.717) is 12.0 Å². The Labute approximate surface area is 126 Å². The lowest BCUT2D eigenvalue weighted by Crippen LogP contribution is -2.41. The molecule has 6 heteroatoms. The van der Waals surface area contributed by atoms with Crippen LogP contribution in [0.3, 0.4) is 0 Å². The predicted octanol–water partition coefficient (Wildman–Crippen LogP) is 2.87. The van der Waals surface area contributed by atoms with Crippen LogP contribution >= 0.6 is 34.4 Å². The van der Waals surface area contributed by atoms with Crippen molar-refractivity contribution in [1.82, 2.24) is 4.90 Å². The van der Waals surface area contributed by atoms with Gasteiger partial charge in [0.05, 0.1) is 35.0 Å². The second kappa shape index (κ2) is 4.40. The van der Waals surface area contributed by atoms with Gasteiger partial charge in [-0.1, -0.05) is 0 Å². The van der Waals surface area contributed by atoms with E-state index in [2.05, 4.69) is 51.6 Å². The lowest BCUT2D eigenvalue weighted by Gasteiger charge is -2.39. The molecule has 0 bridgehead atoms. The van der Waals surface area contributed by atoms with E-state index >= 15 is 0 Å². The van der Waals surface area contributed by atoms with Crippen molar-refractivity contribution in [3.63, 3.8) is 0 Å². The molecule has 2 aliphatic heterocycles. The molecule has 0 spiro atoms. The monoisotopic (exact) mass is 377 g/mol. The van der Waals surface area contributed by atoms with Crippen molar-refractivity contribution >= 4 is 44.4 Å². The maximum atomic E-state index is 6.59.